The molecule has 7 nitrogen and oxygen atoms in total. The van der Waals surface area contributed by atoms with Gasteiger partial charge < -0.3 is 26.0 Å². The quantitative estimate of drug-likeness (QED) is 0.210. The number of anilines is 2. The topological polar surface area (TPSA) is 119 Å². The minimum Gasteiger partial charge on any atom is -0.507 e. The molecule has 0 aromatic heterocycles. The largest absolute Gasteiger partial charge is 0.507 e. The number of aromatic hydroxyl groups is 3. The van der Waals surface area contributed by atoms with Gasteiger partial charge in [0.25, 0.3) is 0 Å². The number of carbonyl (C=O) groups is 2. The van der Waals surface area contributed by atoms with E-state index in [2.05, 4.69) is 52.2 Å². The smallest absolute Gasteiger partial charge is 0.224 e. The van der Waals surface area contributed by atoms with E-state index in [0.717, 1.165) is 16.7 Å². The van der Waals surface area contributed by atoms with Gasteiger partial charge in [-0.2, -0.15) is 0 Å². The first-order chi connectivity index (χ1) is 18.1. The first kappa shape index (κ1) is 29.6. The number of carbonyl (C=O) groups excluding carboxylic acids is 2. The first-order valence-electron chi connectivity index (χ1n) is 13.2. The molecule has 5 N–H and O–H groups in total. The molecule has 0 aliphatic heterocycles. The highest BCUT2D eigenvalue weighted by atomic mass is 16.3. The minimum atomic E-state index is -0.254. The third-order valence-corrected chi connectivity index (χ3v) is 6.62. The number of phenolic OH excluding ortho intramolecular Hbond substituents is 3. The van der Waals surface area contributed by atoms with Crippen molar-refractivity contribution in [1.29, 1.82) is 0 Å². The van der Waals surface area contributed by atoms with Crippen molar-refractivity contribution < 1.29 is 24.9 Å². The van der Waals surface area contributed by atoms with Crippen LogP contribution in [0.25, 0.3) is 11.1 Å². The number of benzene rings is 3. The summed E-state index contributed by atoms with van der Waals surface area (Å²) in [6.07, 6.45) is 0.988. The summed E-state index contributed by atoms with van der Waals surface area (Å²) in [7, 11) is 0. The predicted molar refractivity (Wildman–Crippen MR) is 157 cm³/mol. The van der Waals surface area contributed by atoms with Crippen LogP contribution >= 0.6 is 0 Å². The zero-order valence-electron chi connectivity index (χ0n) is 23.9. The lowest BCUT2D eigenvalue weighted by Crippen LogP contribution is -2.18. The Kier molecular flexibility index (Phi) is 8.64. The molecule has 0 unspecified atom stereocenters. The Morgan fingerprint density at radius 2 is 1.13 bits per heavy atom. The number of nitrogens with one attached hydrogen (secondary N) is 2. The summed E-state index contributed by atoms with van der Waals surface area (Å²) >= 11 is 0. The molecule has 0 bridgehead atoms. The van der Waals surface area contributed by atoms with E-state index in [1.165, 1.54) is 12.1 Å². The molecule has 0 saturated carbocycles. The molecule has 7 heteroatoms. The summed E-state index contributed by atoms with van der Waals surface area (Å²) in [5, 5.41) is 37.2. The Morgan fingerprint density at radius 1 is 0.692 bits per heavy atom. The fraction of sp³-hybridized carbons (Fsp3) is 0.375. The SMILES string of the molecule is CCC(=O)Nc1ccc(-c2ccc(NC(=O)CCc3cc(C(C)(C)C)c(O)c(C(C)(C)C)c3)c(O)c2)cc1O. The average molecular weight is 533 g/mol. The normalized spacial score (nSPS) is 11.8. The number of rotatable bonds is 7. The van der Waals surface area contributed by atoms with E-state index in [1.54, 1.807) is 31.2 Å². The summed E-state index contributed by atoms with van der Waals surface area (Å²) in [5.41, 5.74) is 4.06. The molecule has 3 aromatic rings. The van der Waals surface area contributed by atoms with Gasteiger partial charge in [-0.1, -0.05) is 72.7 Å². The zero-order valence-corrected chi connectivity index (χ0v) is 23.9. The molecule has 0 saturated heterocycles. The van der Waals surface area contributed by atoms with Crippen LogP contribution in [0.1, 0.15) is 78.0 Å². The van der Waals surface area contributed by atoms with Crippen LogP contribution in [0.2, 0.25) is 0 Å². The third-order valence-electron chi connectivity index (χ3n) is 6.62. The fourth-order valence-corrected chi connectivity index (χ4v) is 4.33. The van der Waals surface area contributed by atoms with Crippen molar-refractivity contribution in [2.75, 3.05) is 10.6 Å². The molecule has 0 radical (unpaired) electrons. The standard InChI is InChI=1S/C32H40N2O5/c1-8-28(37)33-24-12-10-20(17-26(24)35)21-11-13-25(27(36)18-21)34-29(38)14-9-19-15-22(31(2,3)4)30(39)23(16-19)32(5,6)7/h10-13,15-18,35-36,39H,8-9,14H2,1-7H3,(H,33,37)(H,34,38). The second-order valence-corrected chi connectivity index (χ2v) is 12.0. The second kappa shape index (κ2) is 11.4. The van der Waals surface area contributed by atoms with E-state index in [-0.39, 0.29) is 46.3 Å². The van der Waals surface area contributed by atoms with E-state index in [4.69, 9.17) is 0 Å². The molecular formula is C32H40N2O5. The van der Waals surface area contributed by atoms with Crippen LogP contribution in [-0.2, 0) is 26.8 Å². The van der Waals surface area contributed by atoms with Crippen LogP contribution in [-0.4, -0.2) is 27.1 Å². The van der Waals surface area contributed by atoms with Crippen LogP contribution in [0, 0.1) is 0 Å². The van der Waals surface area contributed by atoms with Crippen molar-refractivity contribution in [3.05, 3.63) is 65.2 Å². The Hall–Kier alpha value is -4.00. The van der Waals surface area contributed by atoms with Gasteiger partial charge in [-0.25, -0.2) is 0 Å². The van der Waals surface area contributed by atoms with E-state index in [0.29, 0.717) is 35.4 Å². The van der Waals surface area contributed by atoms with Gasteiger partial charge in [-0.05, 0) is 69.3 Å². The molecule has 208 valence electrons. The molecule has 3 aromatic carbocycles. The third kappa shape index (κ3) is 7.31. The van der Waals surface area contributed by atoms with Gasteiger partial charge in [-0.15, -0.1) is 0 Å². The van der Waals surface area contributed by atoms with Gasteiger partial charge in [-0.3, -0.25) is 9.59 Å². The van der Waals surface area contributed by atoms with Crippen molar-refractivity contribution in [2.45, 2.75) is 78.6 Å². The van der Waals surface area contributed by atoms with Gasteiger partial charge in [0.05, 0.1) is 11.4 Å². The van der Waals surface area contributed by atoms with E-state index in [1.807, 2.05) is 12.1 Å². The van der Waals surface area contributed by atoms with E-state index >= 15 is 0 Å². The molecule has 0 spiro atoms. The van der Waals surface area contributed by atoms with E-state index in [9.17, 15) is 24.9 Å². The number of amides is 2. The maximum atomic E-state index is 12.8. The monoisotopic (exact) mass is 532 g/mol. The highest BCUT2D eigenvalue weighted by Gasteiger charge is 2.26. The molecule has 2 amide bonds. The Labute approximate surface area is 230 Å². The number of hydrogen-bond acceptors (Lipinski definition) is 5. The molecule has 0 fully saturated rings. The van der Waals surface area contributed by atoms with Crippen molar-refractivity contribution in [1.82, 2.24) is 0 Å². The maximum absolute atomic E-state index is 12.8. The minimum absolute atomic E-state index is 0.0790. The van der Waals surface area contributed by atoms with Gasteiger partial charge in [0.2, 0.25) is 11.8 Å². The van der Waals surface area contributed by atoms with Crippen LogP contribution in [0.15, 0.2) is 48.5 Å². The van der Waals surface area contributed by atoms with Crippen molar-refractivity contribution in [2.24, 2.45) is 0 Å². The van der Waals surface area contributed by atoms with Crippen LogP contribution < -0.4 is 10.6 Å². The molecule has 39 heavy (non-hydrogen) atoms. The average Bonchev–Trinajstić information content (AvgIpc) is 2.84. The zero-order chi connectivity index (χ0) is 29.1. The van der Waals surface area contributed by atoms with Crippen LogP contribution in [0.4, 0.5) is 11.4 Å². The van der Waals surface area contributed by atoms with Gasteiger partial charge in [0.1, 0.15) is 17.2 Å². The first-order valence-corrected chi connectivity index (χ1v) is 13.2. The summed E-state index contributed by atoms with van der Waals surface area (Å²) in [6, 6.07) is 13.6. The molecule has 0 aliphatic rings. The summed E-state index contributed by atoms with van der Waals surface area (Å²) in [5.74, 6) is -0.315. The molecule has 3 rings (SSSR count). The molecule has 0 heterocycles. The lowest BCUT2D eigenvalue weighted by molar-refractivity contribution is -0.116. The number of aryl methyl sites for hydroxylation is 1. The maximum Gasteiger partial charge on any atom is 0.224 e. The number of hydrogen-bond donors (Lipinski definition) is 5. The van der Waals surface area contributed by atoms with Crippen LogP contribution in [0.5, 0.6) is 17.2 Å². The lowest BCUT2D eigenvalue weighted by Gasteiger charge is -2.28. The fourth-order valence-electron chi connectivity index (χ4n) is 4.33. The highest BCUT2D eigenvalue weighted by molar-refractivity contribution is 5.94. The Bertz CT molecular complexity index is 1350. The Balaban J connectivity index is 1.73. The summed E-state index contributed by atoms with van der Waals surface area (Å²) < 4.78 is 0. The van der Waals surface area contributed by atoms with Crippen LogP contribution in [0.3, 0.4) is 0 Å². The van der Waals surface area contributed by atoms with Gasteiger partial charge in [0.15, 0.2) is 0 Å². The van der Waals surface area contributed by atoms with Crippen molar-refractivity contribution in [3.8, 4) is 28.4 Å². The number of phenols is 3. The predicted octanol–water partition coefficient (Wildman–Crippen LogP) is 6.99. The summed E-state index contributed by atoms with van der Waals surface area (Å²) in [4.78, 5) is 24.4. The van der Waals surface area contributed by atoms with Crippen molar-refractivity contribution >= 4 is 23.2 Å². The molecule has 0 aliphatic carbocycles. The van der Waals surface area contributed by atoms with Crippen molar-refractivity contribution in [3.63, 3.8) is 0 Å². The molecule has 0 atom stereocenters. The lowest BCUT2D eigenvalue weighted by atomic mass is 9.78. The van der Waals surface area contributed by atoms with Gasteiger partial charge >= 0.3 is 0 Å². The highest BCUT2D eigenvalue weighted by Crippen LogP contribution is 2.40. The second-order valence-electron chi connectivity index (χ2n) is 12.0. The van der Waals surface area contributed by atoms with Gasteiger partial charge in [0, 0.05) is 12.8 Å². The Morgan fingerprint density at radius 3 is 1.51 bits per heavy atom. The summed E-state index contributed by atoms with van der Waals surface area (Å²) in [6.45, 7) is 14.0. The molecular weight excluding hydrogens is 492 g/mol. The van der Waals surface area contributed by atoms with E-state index < -0.39 is 0 Å².